The minimum absolute atomic E-state index is 0. The van der Waals surface area contributed by atoms with Crippen LogP contribution >= 0.6 is 24.8 Å². The number of hydrogen-bond donors (Lipinski definition) is 2. The van der Waals surface area contributed by atoms with Gasteiger partial charge in [0.15, 0.2) is 0 Å². The first-order valence-electron chi connectivity index (χ1n) is 11.1. The van der Waals surface area contributed by atoms with Crippen molar-refractivity contribution in [2.75, 3.05) is 39.8 Å². The number of amides is 1. The summed E-state index contributed by atoms with van der Waals surface area (Å²) in [4.78, 5) is 17.6. The fourth-order valence-corrected chi connectivity index (χ4v) is 4.54. The van der Waals surface area contributed by atoms with E-state index in [4.69, 9.17) is 0 Å². The van der Waals surface area contributed by atoms with Crippen LogP contribution in [0, 0.1) is 5.92 Å². The quantitative estimate of drug-likeness (QED) is 0.626. The molecule has 0 radical (unpaired) electrons. The molecular weight excluding hydrogens is 419 g/mol. The Kier molecular flexibility index (Phi) is 12.9. The predicted octanol–water partition coefficient (Wildman–Crippen LogP) is 3.32. The SMILES string of the molecule is CNCCC1CCN(C(C)C(=O)NC2CCN(Cc3ccccc3)CC2)CC1.Cl.Cl. The largest absolute Gasteiger partial charge is 0.352 e. The molecule has 7 heteroatoms. The zero-order valence-electron chi connectivity index (χ0n) is 18.5. The van der Waals surface area contributed by atoms with Crippen LogP contribution in [0.25, 0.3) is 0 Å². The highest BCUT2D eigenvalue weighted by Crippen LogP contribution is 2.22. The van der Waals surface area contributed by atoms with Crippen LogP contribution in [-0.2, 0) is 11.3 Å². The lowest BCUT2D eigenvalue weighted by Gasteiger charge is -2.37. The van der Waals surface area contributed by atoms with Gasteiger partial charge in [-0.05, 0) is 77.2 Å². The molecule has 1 amide bonds. The summed E-state index contributed by atoms with van der Waals surface area (Å²) in [5, 5.41) is 6.58. The summed E-state index contributed by atoms with van der Waals surface area (Å²) in [5.41, 5.74) is 1.37. The van der Waals surface area contributed by atoms with Crippen molar-refractivity contribution >= 4 is 30.7 Å². The summed E-state index contributed by atoms with van der Waals surface area (Å²) in [6.45, 7) is 8.42. The number of benzene rings is 1. The molecule has 1 aromatic rings. The second-order valence-corrected chi connectivity index (χ2v) is 8.59. The van der Waals surface area contributed by atoms with E-state index in [2.05, 4.69) is 57.7 Å². The van der Waals surface area contributed by atoms with Gasteiger partial charge in [-0.2, -0.15) is 0 Å². The molecule has 5 nitrogen and oxygen atoms in total. The zero-order valence-corrected chi connectivity index (χ0v) is 20.1. The third-order valence-corrected chi connectivity index (χ3v) is 6.56. The first kappa shape index (κ1) is 27.2. The van der Waals surface area contributed by atoms with Gasteiger partial charge in [-0.25, -0.2) is 0 Å². The Morgan fingerprint density at radius 2 is 1.67 bits per heavy atom. The second kappa shape index (κ2) is 14.3. The van der Waals surface area contributed by atoms with E-state index in [1.165, 1.54) is 24.8 Å². The third kappa shape index (κ3) is 8.35. The molecule has 2 fully saturated rings. The van der Waals surface area contributed by atoms with Gasteiger partial charge in [0.1, 0.15) is 0 Å². The van der Waals surface area contributed by atoms with Gasteiger partial charge in [-0.3, -0.25) is 14.6 Å². The molecule has 0 saturated carbocycles. The van der Waals surface area contributed by atoms with Crippen molar-refractivity contribution in [3.63, 3.8) is 0 Å². The molecule has 1 aromatic carbocycles. The first-order valence-corrected chi connectivity index (χ1v) is 11.1. The molecule has 30 heavy (non-hydrogen) atoms. The summed E-state index contributed by atoms with van der Waals surface area (Å²) in [6.07, 6.45) is 5.80. The summed E-state index contributed by atoms with van der Waals surface area (Å²) in [5.74, 6) is 1.03. The van der Waals surface area contributed by atoms with Crippen molar-refractivity contribution in [3.8, 4) is 0 Å². The van der Waals surface area contributed by atoms with E-state index in [1.54, 1.807) is 0 Å². The van der Waals surface area contributed by atoms with Gasteiger partial charge in [0.25, 0.3) is 0 Å². The van der Waals surface area contributed by atoms with Gasteiger partial charge in [0, 0.05) is 25.7 Å². The van der Waals surface area contributed by atoms with E-state index in [0.29, 0.717) is 6.04 Å². The van der Waals surface area contributed by atoms with Crippen LogP contribution in [0.5, 0.6) is 0 Å². The summed E-state index contributed by atoms with van der Waals surface area (Å²) < 4.78 is 0. The highest BCUT2D eigenvalue weighted by atomic mass is 35.5. The number of carbonyl (C=O) groups is 1. The van der Waals surface area contributed by atoms with E-state index in [9.17, 15) is 4.79 Å². The number of likely N-dealkylation sites (tertiary alicyclic amines) is 2. The molecular formula is C23H40Cl2N4O. The maximum Gasteiger partial charge on any atom is 0.237 e. The van der Waals surface area contributed by atoms with E-state index < -0.39 is 0 Å². The number of nitrogens with zero attached hydrogens (tertiary/aromatic N) is 2. The fraction of sp³-hybridized carbons (Fsp3) is 0.696. The number of rotatable bonds is 8. The fourth-order valence-electron chi connectivity index (χ4n) is 4.54. The number of halogens is 2. The molecule has 1 atom stereocenters. The van der Waals surface area contributed by atoms with Gasteiger partial charge in [0.2, 0.25) is 5.91 Å². The van der Waals surface area contributed by atoms with Crippen molar-refractivity contribution in [2.24, 2.45) is 5.92 Å². The number of hydrogen-bond acceptors (Lipinski definition) is 4. The summed E-state index contributed by atoms with van der Waals surface area (Å²) >= 11 is 0. The molecule has 2 saturated heterocycles. The average Bonchev–Trinajstić information content (AvgIpc) is 2.74. The van der Waals surface area contributed by atoms with Gasteiger partial charge in [-0.15, -0.1) is 24.8 Å². The van der Waals surface area contributed by atoms with Crippen molar-refractivity contribution in [3.05, 3.63) is 35.9 Å². The molecule has 2 aliphatic heterocycles. The minimum Gasteiger partial charge on any atom is -0.352 e. The third-order valence-electron chi connectivity index (χ3n) is 6.56. The predicted molar refractivity (Wildman–Crippen MR) is 130 cm³/mol. The molecule has 0 aromatic heterocycles. The van der Waals surface area contributed by atoms with Gasteiger partial charge in [0.05, 0.1) is 6.04 Å². The van der Waals surface area contributed by atoms with Gasteiger partial charge in [-0.1, -0.05) is 30.3 Å². The molecule has 2 heterocycles. The Morgan fingerprint density at radius 1 is 1.03 bits per heavy atom. The maximum atomic E-state index is 12.8. The van der Waals surface area contributed by atoms with E-state index in [-0.39, 0.29) is 36.8 Å². The number of nitrogens with one attached hydrogen (secondary N) is 2. The number of piperidine rings is 2. The standard InChI is InChI=1S/C23H38N4O.2ClH/c1-19(27-16-9-20(10-17-27)8-13-24-2)23(28)25-22-11-14-26(15-12-22)18-21-6-4-3-5-7-21;;/h3-7,19-20,22,24H,8-18H2,1-2H3,(H,25,28);2*1H. The summed E-state index contributed by atoms with van der Waals surface area (Å²) in [7, 11) is 2.02. The van der Waals surface area contributed by atoms with E-state index in [0.717, 1.165) is 58.0 Å². The zero-order chi connectivity index (χ0) is 19.8. The molecule has 3 rings (SSSR count). The van der Waals surface area contributed by atoms with Crippen molar-refractivity contribution in [2.45, 2.75) is 57.7 Å². The van der Waals surface area contributed by atoms with E-state index in [1.807, 2.05) is 7.05 Å². The molecule has 2 aliphatic rings. The highest BCUT2D eigenvalue weighted by Gasteiger charge is 2.28. The Hall–Kier alpha value is -0.850. The van der Waals surface area contributed by atoms with Crippen LogP contribution in [0.3, 0.4) is 0 Å². The Labute approximate surface area is 195 Å². The Morgan fingerprint density at radius 3 is 2.27 bits per heavy atom. The van der Waals surface area contributed by atoms with Crippen molar-refractivity contribution < 1.29 is 4.79 Å². The molecule has 2 N–H and O–H groups in total. The maximum absolute atomic E-state index is 12.8. The topological polar surface area (TPSA) is 47.6 Å². The molecule has 1 unspecified atom stereocenters. The average molecular weight is 460 g/mol. The van der Waals surface area contributed by atoms with Crippen LogP contribution in [0.4, 0.5) is 0 Å². The molecule has 0 bridgehead atoms. The van der Waals surface area contributed by atoms with E-state index >= 15 is 0 Å². The first-order chi connectivity index (χ1) is 13.7. The Balaban J connectivity index is 0.00000225. The lowest BCUT2D eigenvalue weighted by molar-refractivity contribution is -0.127. The lowest BCUT2D eigenvalue weighted by Crippen LogP contribution is -2.52. The van der Waals surface area contributed by atoms with Crippen LogP contribution in [0.2, 0.25) is 0 Å². The van der Waals surface area contributed by atoms with Crippen LogP contribution < -0.4 is 10.6 Å². The normalized spacial score (nSPS) is 20.1. The van der Waals surface area contributed by atoms with Crippen molar-refractivity contribution in [1.29, 1.82) is 0 Å². The Bertz CT molecular complexity index is 588. The summed E-state index contributed by atoms with van der Waals surface area (Å²) in [6, 6.07) is 11.0. The van der Waals surface area contributed by atoms with Crippen molar-refractivity contribution in [1.82, 2.24) is 20.4 Å². The molecule has 0 aliphatic carbocycles. The van der Waals surface area contributed by atoms with Crippen LogP contribution in [0.15, 0.2) is 30.3 Å². The van der Waals surface area contributed by atoms with Crippen LogP contribution in [0.1, 0.15) is 44.6 Å². The lowest BCUT2D eigenvalue weighted by atomic mass is 9.92. The van der Waals surface area contributed by atoms with Gasteiger partial charge >= 0.3 is 0 Å². The smallest absolute Gasteiger partial charge is 0.237 e. The van der Waals surface area contributed by atoms with Gasteiger partial charge < -0.3 is 10.6 Å². The minimum atomic E-state index is -0.00685. The monoisotopic (exact) mass is 458 g/mol. The molecule has 0 spiro atoms. The van der Waals surface area contributed by atoms with Crippen LogP contribution in [-0.4, -0.2) is 67.6 Å². The number of carbonyl (C=O) groups excluding carboxylic acids is 1. The second-order valence-electron chi connectivity index (χ2n) is 8.59. The highest BCUT2D eigenvalue weighted by molar-refractivity contribution is 5.85. The molecule has 172 valence electrons.